The predicted octanol–water partition coefficient (Wildman–Crippen LogP) is 1.85. The lowest BCUT2D eigenvalue weighted by molar-refractivity contribution is 0.0471. The molecule has 1 rings (SSSR count). The number of aromatic nitrogens is 2. The molecular formula is C15H26N4O3. The van der Waals surface area contributed by atoms with Crippen LogP contribution in [0.3, 0.4) is 0 Å². The van der Waals surface area contributed by atoms with Crippen LogP contribution in [-0.4, -0.2) is 32.9 Å². The van der Waals surface area contributed by atoms with Gasteiger partial charge >= 0.3 is 6.09 Å². The number of hydrogen-bond acceptors (Lipinski definition) is 4. The monoisotopic (exact) mass is 310 g/mol. The highest BCUT2D eigenvalue weighted by molar-refractivity contribution is 5.90. The summed E-state index contributed by atoms with van der Waals surface area (Å²) in [6.45, 7) is 11.7. The molecule has 0 unspecified atom stereocenters. The molecule has 0 aromatic carbocycles. The fraction of sp³-hybridized carbons (Fsp3) is 0.667. The second kappa shape index (κ2) is 6.37. The first-order chi connectivity index (χ1) is 9.93. The summed E-state index contributed by atoms with van der Waals surface area (Å²) in [6, 6.07) is 1.66. The molecule has 1 aromatic rings. The molecule has 1 heterocycles. The van der Waals surface area contributed by atoms with Crippen molar-refractivity contribution in [2.24, 2.45) is 5.73 Å². The van der Waals surface area contributed by atoms with E-state index < -0.39 is 23.1 Å². The second-order valence-corrected chi connectivity index (χ2v) is 6.89. The van der Waals surface area contributed by atoms with Gasteiger partial charge in [0, 0.05) is 24.2 Å². The molecule has 0 spiro atoms. The maximum Gasteiger partial charge on any atom is 0.408 e. The SMILES string of the molecule is CCn1nc(C(N)=O)cc1CC(C)(C)NC(=O)OC(C)(C)C. The van der Waals surface area contributed by atoms with E-state index in [1.54, 1.807) is 10.7 Å². The quantitative estimate of drug-likeness (QED) is 0.867. The Morgan fingerprint density at radius 3 is 2.36 bits per heavy atom. The van der Waals surface area contributed by atoms with Gasteiger partial charge in [-0.15, -0.1) is 0 Å². The predicted molar refractivity (Wildman–Crippen MR) is 83.6 cm³/mol. The lowest BCUT2D eigenvalue weighted by Gasteiger charge is -2.28. The zero-order valence-electron chi connectivity index (χ0n) is 14.2. The van der Waals surface area contributed by atoms with Gasteiger partial charge < -0.3 is 15.8 Å². The average molecular weight is 310 g/mol. The van der Waals surface area contributed by atoms with Gasteiger partial charge in [0.1, 0.15) is 11.3 Å². The lowest BCUT2D eigenvalue weighted by atomic mass is 9.98. The summed E-state index contributed by atoms with van der Waals surface area (Å²) in [7, 11) is 0. The number of carbonyl (C=O) groups is 2. The van der Waals surface area contributed by atoms with Crippen molar-refractivity contribution in [1.82, 2.24) is 15.1 Å². The summed E-state index contributed by atoms with van der Waals surface area (Å²) < 4.78 is 6.97. The first-order valence-electron chi connectivity index (χ1n) is 7.31. The largest absolute Gasteiger partial charge is 0.444 e. The fourth-order valence-electron chi connectivity index (χ4n) is 2.07. The third-order valence-corrected chi connectivity index (χ3v) is 2.88. The molecule has 0 saturated carbocycles. The van der Waals surface area contributed by atoms with Gasteiger partial charge in [0.15, 0.2) is 0 Å². The van der Waals surface area contributed by atoms with Crippen LogP contribution in [-0.2, 0) is 17.7 Å². The Morgan fingerprint density at radius 2 is 1.91 bits per heavy atom. The minimum Gasteiger partial charge on any atom is -0.444 e. The van der Waals surface area contributed by atoms with E-state index in [2.05, 4.69) is 10.4 Å². The molecule has 0 aliphatic rings. The molecule has 1 aromatic heterocycles. The maximum absolute atomic E-state index is 11.9. The highest BCUT2D eigenvalue weighted by Gasteiger charge is 2.26. The molecule has 22 heavy (non-hydrogen) atoms. The van der Waals surface area contributed by atoms with Crippen molar-refractivity contribution in [3.05, 3.63) is 17.5 Å². The Kier molecular flexibility index (Phi) is 5.22. The number of carbonyl (C=O) groups excluding carboxylic acids is 2. The summed E-state index contributed by atoms with van der Waals surface area (Å²) in [4.78, 5) is 23.1. The molecule has 3 N–H and O–H groups in total. The average Bonchev–Trinajstić information content (AvgIpc) is 2.67. The van der Waals surface area contributed by atoms with E-state index in [4.69, 9.17) is 10.5 Å². The summed E-state index contributed by atoms with van der Waals surface area (Å²) in [6.07, 6.45) is 0.0237. The first-order valence-corrected chi connectivity index (χ1v) is 7.31. The molecule has 0 fully saturated rings. The molecule has 124 valence electrons. The standard InChI is InChI=1S/C15H26N4O3/c1-7-19-10(8-11(18-19)12(16)20)9-15(5,6)17-13(21)22-14(2,3)4/h8H,7,9H2,1-6H3,(H2,16,20)(H,17,21). The van der Waals surface area contributed by atoms with Crippen LogP contribution in [0.5, 0.6) is 0 Å². The van der Waals surface area contributed by atoms with Crippen molar-refractivity contribution in [1.29, 1.82) is 0 Å². The second-order valence-electron chi connectivity index (χ2n) is 6.89. The van der Waals surface area contributed by atoms with Gasteiger partial charge in [0.2, 0.25) is 0 Å². The van der Waals surface area contributed by atoms with Crippen molar-refractivity contribution < 1.29 is 14.3 Å². The van der Waals surface area contributed by atoms with Gasteiger partial charge in [-0.1, -0.05) is 0 Å². The van der Waals surface area contributed by atoms with Crippen LogP contribution in [0.4, 0.5) is 4.79 Å². The third kappa shape index (κ3) is 5.38. The summed E-state index contributed by atoms with van der Waals surface area (Å²) in [5.41, 5.74) is 5.22. The van der Waals surface area contributed by atoms with E-state index in [0.717, 1.165) is 5.69 Å². The number of hydrogen-bond donors (Lipinski definition) is 2. The minimum atomic E-state index is -0.564. The highest BCUT2D eigenvalue weighted by atomic mass is 16.6. The Labute approximate surface area is 131 Å². The topological polar surface area (TPSA) is 99.2 Å². The van der Waals surface area contributed by atoms with Gasteiger partial charge in [-0.05, 0) is 47.6 Å². The Morgan fingerprint density at radius 1 is 1.32 bits per heavy atom. The molecular weight excluding hydrogens is 284 g/mol. The van der Waals surface area contributed by atoms with Gasteiger partial charge in [-0.2, -0.15) is 5.10 Å². The van der Waals surface area contributed by atoms with Crippen molar-refractivity contribution in [2.45, 2.75) is 65.6 Å². The number of primary amides is 1. The van der Waals surface area contributed by atoms with Gasteiger partial charge in [-0.25, -0.2) is 4.79 Å². The number of rotatable bonds is 5. The molecule has 0 aliphatic carbocycles. The summed E-state index contributed by atoms with van der Waals surface area (Å²) in [5, 5.41) is 6.98. The van der Waals surface area contributed by atoms with E-state index in [1.807, 2.05) is 41.5 Å². The molecule has 0 bridgehead atoms. The van der Waals surface area contributed by atoms with Crippen LogP contribution in [0.2, 0.25) is 0 Å². The van der Waals surface area contributed by atoms with E-state index in [-0.39, 0.29) is 5.69 Å². The van der Waals surface area contributed by atoms with Crippen LogP contribution in [0.15, 0.2) is 6.07 Å². The molecule has 0 radical (unpaired) electrons. The van der Waals surface area contributed by atoms with E-state index in [1.165, 1.54) is 0 Å². The van der Waals surface area contributed by atoms with Crippen LogP contribution in [0.25, 0.3) is 0 Å². The van der Waals surface area contributed by atoms with Crippen LogP contribution < -0.4 is 11.1 Å². The van der Waals surface area contributed by atoms with Crippen LogP contribution in [0.1, 0.15) is 57.7 Å². The molecule has 7 heteroatoms. The number of aryl methyl sites for hydroxylation is 1. The summed E-state index contributed by atoms with van der Waals surface area (Å²) >= 11 is 0. The smallest absolute Gasteiger partial charge is 0.408 e. The van der Waals surface area contributed by atoms with Gasteiger partial charge in [-0.3, -0.25) is 9.48 Å². The van der Waals surface area contributed by atoms with E-state index in [0.29, 0.717) is 13.0 Å². The van der Waals surface area contributed by atoms with Crippen LogP contribution in [0, 0.1) is 0 Å². The third-order valence-electron chi connectivity index (χ3n) is 2.88. The Hall–Kier alpha value is -2.05. The molecule has 2 amide bonds. The normalized spacial score (nSPS) is 12.1. The molecule has 0 saturated heterocycles. The number of alkyl carbamates (subject to hydrolysis) is 1. The highest BCUT2D eigenvalue weighted by Crippen LogP contribution is 2.16. The fourth-order valence-corrected chi connectivity index (χ4v) is 2.07. The number of nitrogens with two attached hydrogens (primary N) is 1. The Balaban J connectivity index is 2.83. The number of nitrogens with zero attached hydrogens (tertiary/aromatic N) is 2. The van der Waals surface area contributed by atoms with E-state index >= 15 is 0 Å². The minimum absolute atomic E-state index is 0.227. The van der Waals surface area contributed by atoms with Crippen LogP contribution >= 0.6 is 0 Å². The van der Waals surface area contributed by atoms with Gasteiger partial charge in [0.05, 0.1) is 0 Å². The molecule has 7 nitrogen and oxygen atoms in total. The number of amides is 2. The number of ether oxygens (including phenoxy) is 1. The van der Waals surface area contributed by atoms with Crippen molar-refractivity contribution in [3.63, 3.8) is 0 Å². The van der Waals surface area contributed by atoms with Crippen molar-refractivity contribution in [2.75, 3.05) is 0 Å². The van der Waals surface area contributed by atoms with Gasteiger partial charge in [0.25, 0.3) is 5.91 Å². The van der Waals surface area contributed by atoms with Crippen molar-refractivity contribution >= 4 is 12.0 Å². The lowest BCUT2D eigenvalue weighted by Crippen LogP contribution is -2.47. The summed E-state index contributed by atoms with van der Waals surface area (Å²) in [5.74, 6) is -0.564. The zero-order valence-corrected chi connectivity index (χ0v) is 14.2. The zero-order chi connectivity index (χ0) is 17.1. The van der Waals surface area contributed by atoms with E-state index in [9.17, 15) is 9.59 Å². The number of nitrogens with one attached hydrogen (secondary N) is 1. The maximum atomic E-state index is 11.9. The Bertz CT molecular complexity index is 556. The molecule has 0 aliphatic heterocycles. The first kappa shape index (κ1) is 18.0. The molecule has 0 atom stereocenters. The van der Waals surface area contributed by atoms with Crippen molar-refractivity contribution in [3.8, 4) is 0 Å².